The first-order chi connectivity index (χ1) is 8.03. The highest BCUT2D eigenvalue weighted by Gasteiger charge is 2.31. The molecule has 1 atom stereocenters. The summed E-state index contributed by atoms with van der Waals surface area (Å²) in [4.78, 5) is 10.8. The van der Waals surface area contributed by atoms with E-state index in [0.717, 1.165) is 5.56 Å². The molecule has 0 heterocycles. The summed E-state index contributed by atoms with van der Waals surface area (Å²) < 4.78 is 13.7. The van der Waals surface area contributed by atoms with Crippen molar-refractivity contribution in [3.8, 4) is 0 Å². The van der Waals surface area contributed by atoms with E-state index in [4.69, 9.17) is 5.11 Å². The van der Waals surface area contributed by atoms with Gasteiger partial charge in [0, 0.05) is 11.8 Å². The second-order valence-electron chi connectivity index (χ2n) is 4.42. The highest BCUT2D eigenvalue weighted by Crippen LogP contribution is 2.37. The Balaban J connectivity index is 2.36. The summed E-state index contributed by atoms with van der Waals surface area (Å²) in [6.07, 6.45) is 3.21. The fourth-order valence-corrected chi connectivity index (χ4v) is 2.04. The lowest BCUT2D eigenvalue weighted by atomic mass is 9.75. The summed E-state index contributed by atoms with van der Waals surface area (Å²) >= 11 is 0. The summed E-state index contributed by atoms with van der Waals surface area (Å²) in [5.74, 6) is -1.78. The van der Waals surface area contributed by atoms with Crippen LogP contribution >= 0.6 is 0 Å². The van der Waals surface area contributed by atoms with Crippen LogP contribution in [0.15, 0.2) is 53.9 Å². The van der Waals surface area contributed by atoms with E-state index in [2.05, 4.69) is 0 Å². The van der Waals surface area contributed by atoms with E-state index in [1.54, 1.807) is 6.08 Å². The summed E-state index contributed by atoms with van der Waals surface area (Å²) in [6.45, 7) is 1.90. The maximum atomic E-state index is 13.7. The number of aliphatic carboxylic acids is 1. The number of rotatable bonds is 2. The zero-order chi connectivity index (χ0) is 12.5. The lowest BCUT2D eigenvalue weighted by Gasteiger charge is -2.29. The Morgan fingerprint density at radius 2 is 2.00 bits per heavy atom. The average Bonchev–Trinajstić information content (AvgIpc) is 2.29. The third-order valence-electron chi connectivity index (χ3n) is 3.10. The molecule has 1 aliphatic rings. The van der Waals surface area contributed by atoms with Gasteiger partial charge in [0.05, 0.1) is 5.57 Å². The van der Waals surface area contributed by atoms with E-state index in [1.807, 2.05) is 37.3 Å². The largest absolute Gasteiger partial charge is 0.478 e. The molecule has 2 nitrogen and oxygen atoms in total. The van der Waals surface area contributed by atoms with E-state index in [0.29, 0.717) is 0 Å². The van der Waals surface area contributed by atoms with Crippen molar-refractivity contribution in [2.45, 2.75) is 18.8 Å². The van der Waals surface area contributed by atoms with Crippen LogP contribution in [0.5, 0.6) is 0 Å². The third kappa shape index (κ3) is 2.13. The molecule has 1 N–H and O–H groups in total. The lowest BCUT2D eigenvalue weighted by Crippen LogP contribution is -2.23. The topological polar surface area (TPSA) is 37.3 Å². The molecule has 88 valence electrons. The summed E-state index contributed by atoms with van der Waals surface area (Å²) in [6, 6.07) is 9.52. The van der Waals surface area contributed by atoms with Crippen LogP contribution < -0.4 is 0 Å². The number of benzene rings is 1. The van der Waals surface area contributed by atoms with E-state index in [9.17, 15) is 9.18 Å². The van der Waals surface area contributed by atoms with Crippen LogP contribution in [0.1, 0.15) is 18.9 Å². The molecule has 3 heteroatoms. The van der Waals surface area contributed by atoms with Crippen molar-refractivity contribution in [2.24, 2.45) is 0 Å². The van der Waals surface area contributed by atoms with Gasteiger partial charge in [-0.15, -0.1) is 0 Å². The molecule has 0 aliphatic heterocycles. The maximum Gasteiger partial charge on any atom is 0.338 e. The first-order valence-electron chi connectivity index (χ1n) is 5.40. The Bertz CT molecular complexity index is 502. The van der Waals surface area contributed by atoms with Gasteiger partial charge in [0.15, 0.2) is 0 Å². The minimum atomic E-state index is -1.21. The van der Waals surface area contributed by atoms with E-state index >= 15 is 0 Å². The number of hydrogen-bond donors (Lipinski definition) is 1. The van der Waals surface area contributed by atoms with Crippen molar-refractivity contribution in [3.63, 3.8) is 0 Å². The van der Waals surface area contributed by atoms with Gasteiger partial charge in [0.25, 0.3) is 0 Å². The molecule has 0 aromatic heterocycles. The zero-order valence-corrected chi connectivity index (χ0v) is 9.48. The van der Waals surface area contributed by atoms with E-state index < -0.39 is 17.2 Å². The predicted molar refractivity (Wildman–Crippen MR) is 63.3 cm³/mol. The molecule has 0 saturated carbocycles. The number of hydrogen-bond acceptors (Lipinski definition) is 1. The van der Waals surface area contributed by atoms with Crippen molar-refractivity contribution in [2.75, 3.05) is 0 Å². The Morgan fingerprint density at radius 1 is 1.35 bits per heavy atom. The molecule has 2 rings (SSSR count). The van der Waals surface area contributed by atoms with Gasteiger partial charge in [-0.25, -0.2) is 9.18 Å². The minimum absolute atomic E-state index is 0.0924. The van der Waals surface area contributed by atoms with Gasteiger partial charge in [-0.1, -0.05) is 43.3 Å². The van der Waals surface area contributed by atoms with Crippen LogP contribution in [0.3, 0.4) is 0 Å². The van der Waals surface area contributed by atoms with Crippen LogP contribution in [0.2, 0.25) is 0 Å². The molecule has 0 radical (unpaired) electrons. The zero-order valence-electron chi connectivity index (χ0n) is 9.48. The number of allylic oxidation sites excluding steroid dienone is 2. The molecule has 0 spiro atoms. The fourth-order valence-electron chi connectivity index (χ4n) is 2.04. The van der Waals surface area contributed by atoms with Crippen LogP contribution in [0, 0.1) is 0 Å². The van der Waals surface area contributed by atoms with Crippen LogP contribution in [-0.2, 0) is 10.2 Å². The van der Waals surface area contributed by atoms with Crippen molar-refractivity contribution >= 4 is 5.97 Å². The smallest absolute Gasteiger partial charge is 0.338 e. The first kappa shape index (κ1) is 11.6. The standard InChI is InChI=1S/C14H13FO2/c1-14(10-5-3-2-4-6-10)8-7-11(13(16)17)12(15)9-14/h2-8H,9H2,1H3,(H,16,17). The molecule has 1 unspecified atom stereocenters. The average molecular weight is 232 g/mol. The Morgan fingerprint density at radius 3 is 2.53 bits per heavy atom. The molecule has 1 aromatic carbocycles. The molecule has 0 fully saturated rings. The van der Waals surface area contributed by atoms with Crippen molar-refractivity contribution in [1.82, 2.24) is 0 Å². The second kappa shape index (κ2) is 4.17. The van der Waals surface area contributed by atoms with Crippen molar-refractivity contribution in [1.29, 1.82) is 0 Å². The molecule has 1 aromatic rings. The number of carboxylic acids is 1. The highest BCUT2D eigenvalue weighted by molar-refractivity contribution is 5.91. The highest BCUT2D eigenvalue weighted by atomic mass is 19.1. The van der Waals surface area contributed by atoms with Crippen molar-refractivity contribution < 1.29 is 14.3 Å². The van der Waals surface area contributed by atoms with Gasteiger partial charge >= 0.3 is 5.97 Å². The van der Waals surface area contributed by atoms with E-state index in [1.165, 1.54) is 6.08 Å². The summed E-state index contributed by atoms with van der Waals surface area (Å²) in [5, 5.41) is 8.80. The van der Waals surface area contributed by atoms with Gasteiger partial charge in [-0.3, -0.25) is 0 Å². The van der Waals surface area contributed by atoms with Gasteiger partial charge < -0.3 is 5.11 Å². The normalized spacial score (nSPS) is 23.9. The Hall–Kier alpha value is -1.90. The monoisotopic (exact) mass is 232 g/mol. The summed E-state index contributed by atoms with van der Waals surface area (Å²) in [7, 11) is 0. The predicted octanol–water partition coefficient (Wildman–Crippen LogP) is 3.21. The van der Waals surface area contributed by atoms with Gasteiger partial charge in [-0.05, 0) is 11.6 Å². The number of halogens is 1. The first-order valence-corrected chi connectivity index (χ1v) is 5.40. The maximum absolute atomic E-state index is 13.7. The van der Waals surface area contributed by atoms with Gasteiger partial charge in [-0.2, -0.15) is 0 Å². The fraction of sp³-hybridized carbons (Fsp3) is 0.214. The van der Waals surface area contributed by atoms with E-state index in [-0.39, 0.29) is 12.0 Å². The van der Waals surface area contributed by atoms with Gasteiger partial charge in [0.1, 0.15) is 5.83 Å². The molecular weight excluding hydrogens is 219 g/mol. The molecule has 17 heavy (non-hydrogen) atoms. The SMILES string of the molecule is CC1(c2ccccc2)C=CC(C(=O)O)=C(F)C1. The molecule has 0 amide bonds. The third-order valence-corrected chi connectivity index (χ3v) is 3.10. The van der Waals surface area contributed by atoms with Crippen molar-refractivity contribution in [3.05, 3.63) is 59.4 Å². The quantitative estimate of drug-likeness (QED) is 0.850. The van der Waals surface area contributed by atoms with Crippen LogP contribution in [-0.4, -0.2) is 11.1 Å². The molecular formula is C14H13FO2. The lowest BCUT2D eigenvalue weighted by molar-refractivity contribution is -0.132. The minimum Gasteiger partial charge on any atom is -0.478 e. The van der Waals surface area contributed by atoms with Crippen LogP contribution in [0.25, 0.3) is 0 Å². The summed E-state index contributed by atoms with van der Waals surface area (Å²) in [5.41, 5.74) is 0.277. The molecule has 0 saturated heterocycles. The van der Waals surface area contributed by atoms with Gasteiger partial charge in [0.2, 0.25) is 0 Å². The Labute approximate surface area is 99.1 Å². The number of carboxylic acid groups (broad SMARTS) is 1. The molecule has 1 aliphatic carbocycles. The molecule has 0 bridgehead atoms. The number of carbonyl (C=O) groups is 1. The second-order valence-corrected chi connectivity index (χ2v) is 4.42. The van der Waals surface area contributed by atoms with Crippen LogP contribution in [0.4, 0.5) is 4.39 Å². The Kier molecular flexibility index (Phi) is 2.84.